The maximum absolute atomic E-state index is 13.1. The van der Waals surface area contributed by atoms with Crippen LogP contribution in [0.3, 0.4) is 0 Å². The van der Waals surface area contributed by atoms with Crippen molar-refractivity contribution in [3.05, 3.63) is 102 Å². The minimum absolute atomic E-state index is 0.134. The molecule has 156 valence electrons. The quantitative estimate of drug-likeness (QED) is 0.580. The Kier molecular flexibility index (Phi) is 7.03. The number of benzene rings is 3. The third kappa shape index (κ3) is 5.78. The summed E-state index contributed by atoms with van der Waals surface area (Å²) in [4.78, 5) is 13.2. The summed E-state index contributed by atoms with van der Waals surface area (Å²) >= 11 is 0. The highest BCUT2D eigenvalue weighted by molar-refractivity contribution is 7.89. The largest absolute Gasteiger partial charge is 0.348 e. The van der Waals surface area contributed by atoms with Gasteiger partial charge < -0.3 is 5.32 Å². The van der Waals surface area contributed by atoms with Crippen molar-refractivity contribution in [1.82, 2.24) is 10.0 Å². The molecule has 2 atom stereocenters. The Hall–Kier alpha value is -2.96. The fourth-order valence-electron chi connectivity index (χ4n) is 3.15. The van der Waals surface area contributed by atoms with E-state index >= 15 is 0 Å². The van der Waals surface area contributed by atoms with Crippen LogP contribution >= 0.6 is 0 Å². The van der Waals surface area contributed by atoms with E-state index in [4.69, 9.17) is 0 Å². The Bertz CT molecular complexity index is 1070. The first-order valence-electron chi connectivity index (χ1n) is 9.83. The van der Waals surface area contributed by atoms with Gasteiger partial charge in [-0.15, -0.1) is 0 Å². The van der Waals surface area contributed by atoms with Gasteiger partial charge in [0, 0.05) is 0 Å². The van der Waals surface area contributed by atoms with Crippen LogP contribution in [0.2, 0.25) is 0 Å². The van der Waals surface area contributed by atoms with E-state index in [-0.39, 0.29) is 23.3 Å². The molecule has 0 aliphatic carbocycles. The molecule has 30 heavy (non-hydrogen) atoms. The fourth-order valence-corrected chi connectivity index (χ4v) is 4.34. The first kappa shape index (κ1) is 21.7. The van der Waals surface area contributed by atoms with E-state index in [9.17, 15) is 13.2 Å². The number of carbonyl (C=O) groups excluding carboxylic acids is 1. The van der Waals surface area contributed by atoms with E-state index in [0.717, 1.165) is 16.7 Å². The molecular formula is C24H26N2O3S. The fraction of sp³-hybridized carbons (Fsp3) is 0.208. The second kappa shape index (κ2) is 9.69. The third-order valence-corrected chi connectivity index (χ3v) is 6.37. The second-order valence-corrected chi connectivity index (χ2v) is 9.03. The van der Waals surface area contributed by atoms with Crippen molar-refractivity contribution >= 4 is 15.9 Å². The minimum Gasteiger partial charge on any atom is -0.348 e. The van der Waals surface area contributed by atoms with Crippen LogP contribution in [0.25, 0.3) is 0 Å². The third-order valence-electron chi connectivity index (χ3n) is 4.89. The van der Waals surface area contributed by atoms with Gasteiger partial charge in [0.25, 0.3) is 0 Å². The maximum atomic E-state index is 13.1. The van der Waals surface area contributed by atoms with Gasteiger partial charge in [-0.3, -0.25) is 4.79 Å². The van der Waals surface area contributed by atoms with Crippen LogP contribution in [-0.2, 0) is 21.2 Å². The zero-order valence-corrected chi connectivity index (χ0v) is 17.9. The molecule has 3 aromatic carbocycles. The zero-order valence-electron chi connectivity index (χ0n) is 17.1. The molecule has 0 radical (unpaired) electrons. The Morgan fingerprint density at radius 1 is 0.867 bits per heavy atom. The number of amides is 1. The van der Waals surface area contributed by atoms with Gasteiger partial charge in [0.1, 0.15) is 6.04 Å². The van der Waals surface area contributed by atoms with Crippen LogP contribution in [0.5, 0.6) is 0 Å². The van der Waals surface area contributed by atoms with Gasteiger partial charge in [-0.2, -0.15) is 4.72 Å². The van der Waals surface area contributed by atoms with Gasteiger partial charge >= 0.3 is 0 Å². The number of nitrogens with one attached hydrogen (secondary N) is 2. The summed E-state index contributed by atoms with van der Waals surface area (Å²) in [5.41, 5.74) is 2.78. The van der Waals surface area contributed by atoms with E-state index in [1.54, 1.807) is 24.3 Å². The van der Waals surface area contributed by atoms with Crippen LogP contribution in [0.1, 0.15) is 29.7 Å². The molecule has 3 aromatic rings. The second-order valence-electron chi connectivity index (χ2n) is 7.32. The topological polar surface area (TPSA) is 75.3 Å². The monoisotopic (exact) mass is 422 g/mol. The van der Waals surface area contributed by atoms with Gasteiger partial charge in [-0.1, -0.05) is 78.4 Å². The summed E-state index contributed by atoms with van der Waals surface area (Å²) in [6, 6.07) is 24.3. The highest BCUT2D eigenvalue weighted by atomic mass is 32.2. The SMILES string of the molecule is Cc1ccc(S(=O)(=O)N[C@@H](Cc2ccccc2)C(=O)N[C@@H](C)c2ccccc2)cc1. The lowest BCUT2D eigenvalue weighted by Crippen LogP contribution is -2.48. The predicted molar refractivity (Wildman–Crippen MR) is 118 cm³/mol. The Balaban J connectivity index is 1.82. The van der Waals surface area contributed by atoms with Crippen molar-refractivity contribution in [3.63, 3.8) is 0 Å². The summed E-state index contributed by atoms with van der Waals surface area (Å²) < 4.78 is 28.4. The van der Waals surface area contributed by atoms with Gasteiger partial charge in [-0.25, -0.2) is 8.42 Å². The first-order chi connectivity index (χ1) is 14.3. The lowest BCUT2D eigenvalue weighted by Gasteiger charge is -2.22. The zero-order chi connectivity index (χ0) is 21.6. The van der Waals surface area contributed by atoms with E-state index in [0.29, 0.717) is 0 Å². The number of hydrogen-bond acceptors (Lipinski definition) is 3. The normalized spacial score (nSPS) is 13.4. The van der Waals surface area contributed by atoms with E-state index in [1.165, 1.54) is 0 Å². The molecule has 0 unspecified atom stereocenters. The summed E-state index contributed by atoms with van der Waals surface area (Å²) in [7, 11) is -3.85. The Labute approximate surface area is 178 Å². The Morgan fingerprint density at radius 3 is 2.03 bits per heavy atom. The lowest BCUT2D eigenvalue weighted by molar-refractivity contribution is -0.123. The van der Waals surface area contributed by atoms with Crippen LogP contribution in [0.15, 0.2) is 89.8 Å². The molecule has 0 fully saturated rings. The lowest BCUT2D eigenvalue weighted by atomic mass is 10.0. The Morgan fingerprint density at radius 2 is 1.43 bits per heavy atom. The van der Waals surface area contributed by atoms with Crippen molar-refractivity contribution < 1.29 is 13.2 Å². The molecule has 0 saturated carbocycles. The number of aryl methyl sites for hydroxylation is 1. The first-order valence-corrected chi connectivity index (χ1v) is 11.3. The van der Waals surface area contributed by atoms with E-state index in [1.807, 2.05) is 74.5 Å². The standard InChI is InChI=1S/C24H26N2O3S/c1-18-13-15-22(16-14-18)30(28,29)26-23(17-20-9-5-3-6-10-20)24(27)25-19(2)21-11-7-4-8-12-21/h3-16,19,23,26H,17H2,1-2H3,(H,25,27)/t19-,23-/m0/s1. The smallest absolute Gasteiger partial charge is 0.241 e. The summed E-state index contributed by atoms with van der Waals surface area (Å²) in [5, 5.41) is 2.93. The number of hydrogen-bond donors (Lipinski definition) is 2. The van der Waals surface area contributed by atoms with Gasteiger partial charge in [-0.05, 0) is 43.5 Å². The minimum atomic E-state index is -3.85. The number of carbonyl (C=O) groups is 1. The van der Waals surface area contributed by atoms with Crippen molar-refractivity contribution in [3.8, 4) is 0 Å². The summed E-state index contributed by atoms with van der Waals surface area (Å²) in [6.45, 7) is 3.77. The molecule has 0 heterocycles. The molecule has 0 aromatic heterocycles. The number of rotatable bonds is 8. The van der Waals surface area contributed by atoms with Crippen molar-refractivity contribution in [1.29, 1.82) is 0 Å². The number of sulfonamides is 1. The van der Waals surface area contributed by atoms with E-state index < -0.39 is 16.1 Å². The average molecular weight is 423 g/mol. The van der Waals surface area contributed by atoms with Crippen LogP contribution in [0, 0.1) is 6.92 Å². The molecule has 0 aliphatic rings. The molecule has 5 nitrogen and oxygen atoms in total. The highest BCUT2D eigenvalue weighted by Gasteiger charge is 2.27. The average Bonchev–Trinajstić information content (AvgIpc) is 2.74. The molecule has 0 spiro atoms. The molecule has 3 rings (SSSR count). The molecule has 2 N–H and O–H groups in total. The molecule has 6 heteroatoms. The van der Waals surface area contributed by atoms with Crippen LogP contribution in [-0.4, -0.2) is 20.4 Å². The molecule has 0 bridgehead atoms. The summed E-state index contributed by atoms with van der Waals surface area (Å²) in [5.74, 6) is -0.370. The molecule has 1 amide bonds. The van der Waals surface area contributed by atoms with Gasteiger partial charge in [0.2, 0.25) is 15.9 Å². The maximum Gasteiger partial charge on any atom is 0.241 e. The van der Waals surface area contributed by atoms with Crippen LogP contribution in [0.4, 0.5) is 0 Å². The van der Waals surface area contributed by atoms with Crippen LogP contribution < -0.4 is 10.0 Å². The molecular weight excluding hydrogens is 396 g/mol. The summed E-state index contributed by atoms with van der Waals surface area (Å²) in [6.07, 6.45) is 0.249. The highest BCUT2D eigenvalue weighted by Crippen LogP contribution is 2.15. The van der Waals surface area contributed by atoms with E-state index in [2.05, 4.69) is 10.0 Å². The van der Waals surface area contributed by atoms with Gasteiger partial charge in [0.05, 0.1) is 10.9 Å². The molecule has 0 saturated heterocycles. The predicted octanol–water partition coefficient (Wildman–Crippen LogP) is 3.76. The molecule has 0 aliphatic heterocycles. The van der Waals surface area contributed by atoms with Crippen molar-refractivity contribution in [2.75, 3.05) is 0 Å². The van der Waals surface area contributed by atoms with Crippen molar-refractivity contribution in [2.24, 2.45) is 0 Å². The van der Waals surface area contributed by atoms with Gasteiger partial charge in [0.15, 0.2) is 0 Å². The van der Waals surface area contributed by atoms with Crippen molar-refractivity contribution in [2.45, 2.75) is 37.2 Å².